The number of rotatable bonds is 1. The minimum atomic E-state index is 0.0738. The van der Waals surface area contributed by atoms with Gasteiger partial charge in [0.2, 0.25) is 5.91 Å². The van der Waals surface area contributed by atoms with Crippen molar-refractivity contribution in [2.24, 2.45) is 0 Å². The number of carbonyl (C=O) groups is 1. The van der Waals surface area contributed by atoms with Gasteiger partial charge in [-0.2, -0.15) is 0 Å². The van der Waals surface area contributed by atoms with E-state index in [1.807, 2.05) is 6.54 Å². The van der Waals surface area contributed by atoms with Crippen LogP contribution in [0, 0.1) is 6.54 Å². The van der Waals surface area contributed by atoms with Crippen molar-refractivity contribution < 1.29 is 4.79 Å². The first-order chi connectivity index (χ1) is 5.22. The van der Waals surface area contributed by atoms with Crippen molar-refractivity contribution in [3.63, 3.8) is 0 Å². The number of nitrogens with zero attached hydrogens (tertiary/aromatic N) is 1. The summed E-state index contributed by atoms with van der Waals surface area (Å²) in [5, 5.41) is 0. The molecule has 1 aliphatic heterocycles. The van der Waals surface area contributed by atoms with Crippen LogP contribution in [-0.2, 0) is 4.79 Å². The summed E-state index contributed by atoms with van der Waals surface area (Å²) >= 11 is 0. The lowest BCUT2D eigenvalue weighted by atomic mass is 10.1. The number of piperidine rings is 1. The Hall–Kier alpha value is -0.790. The normalized spacial score (nSPS) is 18.1. The third-order valence-electron chi connectivity index (χ3n) is 1.83. The van der Waals surface area contributed by atoms with Gasteiger partial charge in [-0.3, -0.25) is 4.79 Å². The van der Waals surface area contributed by atoms with Gasteiger partial charge in [0.25, 0.3) is 0 Å². The van der Waals surface area contributed by atoms with Crippen LogP contribution in [-0.4, -0.2) is 17.4 Å². The average molecular weight is 152 g/mol. The molecule has 2 nitrogen and oxygen atoms in total. The van der Waals surface area contributed by atoms with Crippen molar-refractivity contribution in [1.29, 1.82) is 0 Å². The minimum absolute atomic E-state index is 0.0738. The number of carbonyl (C=O) groups excluding carboxylic acids is 1. The minimum Gasteiger partial charge on any atom is -0.334 e. The molecule has 0 bridgehead atoms. The largest absolute Gasteiger partial charge is 0.334 e. The quantitative estimate of drug-likeness (QED) is 0.524. The van der Waals surface area contributed by atoms with Gasteiger partial charge in [-0.05, 0) is 26.2 Å². The van der Waals surface area contributed by atoms with Gasteiger partial charge in [-0.25, -0.2) is 0 Å². The van der Waals surface area contributed by atoms with Gasteiger partial charge in [0.05, 0.1) is 6.54 Å². The maximum Gasteiger partial charge on any atom is 0.249 e. The molecule has 0 saturated carbocycles. The first-order valence-corrected chi connectivity index (χ1v) is 4.01. The third-order valence-corrected chi connectivity index (χ3v) is 1.83. The number of hydrogen-bond donors (Lipinski definition) is 0. The van der Waals surface area contributed by atoms with Crippen LogP contribution in [0.15, 0.2) is 12.2 Å². The number of amides is 1. The van der Waals surface area contributed by atoms with Crippen LogP contribution >= 0.6 is 0 Å². The topological polar surface area (TPSA) is 20.3 Å². The molecule has 0 aromatic heterocycles. The number of hydrogen-bond acceptors (Lipinski definition) is 1. The molecule has 1 radical (unpaired) electrons. The molecule has 1 saturated heterocycles. The van der Waals surface area contributed by atoms with Gasteiger partial charge in [0.1, 0.15) is 0 Å². The predicted octanol–water partition coefficient (Wildman–Crippen LogP) is 1.74. The zero-order chi connectivity index (χ0) is 8.27. The molecular formula is C9H14NO. The van der Waals surface area contributed by atoms with Gasteiger partial charge < -0.3 is 4.90 Å². The van der Waals surface area contributed by atoms with Crippen LogP contribution in [0.2, 0.25) is 0 Å². The van der Waals surface area contributed by atoms with Crippen molar-refractivity contribution in [2.45, 2.75) is 26.2 Å². The van der Waals surface area contributed by atoms with E-state index < -0.39 is 0 Å². The van der Waals surface area contributed by atoms with E-state index in [0.29, 0.717) is 5.57 Å². The van der Waals surface area contributed by atoms with E-state index in [1.54, 1.807) is 11.8 Å². The highest BCUT2D eigenvalue weighted by molar-refractivity contribution is 5.92. The Balaban J connectivity index is 2.45. The van der Waals surface area contributed by atoms with Crippen molar-refractivity contribution in [3.8, 4) is 0 Å². The third kappa shape index (κ3) is 2.07. The Morgan fingerprint density at radius 1 is 1.55 bits per heavy atom. The fourth-order valence-electron chi connectivity index (χ4n) is 1.19. The van der Waals surface area contributed by atoms with Crippen LogP contribution in [0.5, 0.6) is 0 Å². The molecule has 1 aliphatic rings. The van der Waals surface area contributed by atoms with Gasteiger partial charge in [-0.1, -0.05) is 6.58 Å². The second-order valence-electron chi connectivity index (χ2n) is 2.96. The van der Waals surface area contributed by atoms with Crippen molar-refractivity contribution in [3.05, 3.63) is 18.7 Å². The standard InChI is InChI=1S/C9H14NO/c1-8(2)9(11)10-6-4-3-5-7-10/h6H,1,3-5,7H2,2H3. The summed E-state index contributed by atoms with van der Waals surface area (Å²) < 4.78 is 0. The Kier molecular flexibility index (Phi) is 2.69. The molecule has 0 spiro atoms. The maximum absolute atomic E-state index is 11.3. The summed E-state index contributed by atoms with van der Waals surface area (Å²) in [5.41, 5.74) is 0.628. The van der Waals surface area contributed by atoms with E-state index in [-0.39, 0.29) is 5.91 Å². The summed E-state index contributed by atoms with van der Waals surface area (Å²) in [6, 6.07) is 0. The Bertz CT molecular complexity index is 168. The van der Waals surface area contributed by atoms with E-state index >= 15 is 0 Å². The van der Waals surface area contributed by atoms with Crippen LogP contribution in [0.25, 0.3) is 0 Å². The maximum atomic E-state index is 11.3. The predicted molar refractivity (Wildman–Crippen MR) is 44.7 cm³/mol. The van der Waals surface area contributed by atoms with Crippen LogP contribution in [0.4, 0.5) is 0 Å². The van der Waals surface area contributed by atoms with E-state index in [1.165, 1.54) is 6.42 Å². The lowest BCUT2D eigenvalue weighted by molar-refractivity contribution is -0.126. The molecule has 0 aromatic rings. The average Bonchev–Trinajstić information content (AvgIpc) is 2.05. The van der Waals surface area contributed by atoms with Crippen LogP contribution < -0.4 is 0 Å². The molecule has 2 heteroatoms. The fourth-order valence-corrected chi connectivity index (χ4v) is 1.19. The van der Waals surface area contributed by atoms with E-state index in [0.717, 1.165) is 19.4 Å². The zero-order valence-electron chi connectivity index (χ0n) is 6.97. The molecule has 0 aliphatic carbocycles. The molecule has 0 N–H and O–H groups in total. The number of likely N-dealkylation sites (tertiary alicyclic amines) is 1. The summed E-state index contributed by atoms with van der Waals surface area (Å²) in [6.45, 7) is 8.21. The molecule has 0 aromatic carbocycles. The molecule has 11 heavy (non-hydrogen) atoms. The summed E-state index contributed by atoms with van der Waals surface area (Å²) in [7, 11) is 0. The van der Waals surface area contributed by atoms with Gasteiger partial charge in [0, 0.05) is 12.1 Å². The van der Waals surface area contributed by atoms with Crippen LogP contribution in [0.1, 0.15) is 26.2 Å². The molecule has 1 amide bonds. The molecule has 1 fully saturated rings. The lowest BCUT2D eigenvalue weighted by Crippen LogP contribution is -2.32. The summed E-state index contributed by atoms with van der Waals surface area (Å²) in [4.78, 5) is 13.1. The summed E-state index contributed by atoms with van der Waals surface area (Å²) in [6.07, 6.45) is 3.36. The fraction of sp³-hybridized carbons (Fsp3) is 0.556. The highest BCUT2D eigenvalue weighted by atomic mass is 16.2. The van der Waals surface area contributed by atoms with Crippen molar-refractivity contribution in [2.75, 3.05) is 6.54 Å². The SMILES string of the molecule is C=C(C)C(=O)N1[CH]CCCC1. The lowest BCUT2D eigenvalue weighted by Gasteiger charge is -2.25. The molecule has 0 atom stereocenters. The zero-order valence-corrected chi connectivity index (χ0v) is 6.97. The van der Waals surface area contributed by atoms with Gasteiger partial charge >= 0.3 is 0 Å². The summed E-state index contributed by atoms with van der Waals surface area (Å²) in [5.74, 6) is 0.0738. The van der Waals surface area contributed by atoms with Crippen LogP contribution in [0.3, 0.4) is 0 Å². The second-order valence-corrected chi connectivity index (χ2v) is 2.96. The van der Waals surface area contributed by atoms with Crippen molar-refractivity contribution in [1.82, 2.24) is 4.90 Å². The molecular weight excluding hydrogens is 138 g/mol. The van der Waals surface area contributed by atoms with Gasteiger partial charge in [-0.15, -0.1) is 0 Å². The first kappa shape index (κ1) is 8.31. The van der Waals surface area contributed by atoms with Crippen molar-refractivity contribution >= 4 is 5.91 Å². The Morgan fingerprint density at radius 3 is 2.73 bits per heavy atom. The molecule has 1 heterocycles. The van der Waals surface area contributed by atoms with E-state index in [2.05, 4.69) is 6.58 Å². The first-order valence-electron chi connectivity index (χ1n) is 4.01. The van der Waals surface area contributed by atoms with E-state index in [4.69, 9.17) is 0 Å². The smallest absolute Gasteiger partial charge is 0.249 e. The second kappa shape index (κ2) is 3.56. The molecule has 0 unspecified atom stereocenters. The monoisotopic (exact) mass is 152 g/mol. The molecule has 61 valence electrons. The highest BCUT2D eigenvalue weighted by Gasteiger charge is 2.16. The Morgan fingerprint density at radius 2 is 2.27 bits per heavy atom. The molecule has 1 rings (SSSR count). The van der Waals surface area contributed by atoms with Gasteiger partial charge in [0.15, 0.2) is 0 Å². The Labute approximate surface area is 67.9 Å². The highest BCUT2D eigenvalue weighted by Crippen LogP contribution is 2.14. The van der Waals surface area contributed by atoms with E-state index in [9.17, 15) is 4.79 Å².